The summed E-state index contributed by atoms with van der Waals surface area (Å²) in [6, 6.07) is 3.78. The maximum absolute atomic E-state index is 12.5. The highest BCUT2D eigenvalue weighted by Gasteiger charge is 2.40. The maximum atomic E-state index is 12.5. The van der Waals surface area contributed by atoms with E-state index >= 15 is 0 Å². The molecule has 2 N–H and O–H groups in total. The van der Waals surface area contributed by atoms with Gasteiger partial charge in [0.15, 0.2) is 0 Å². The van der Waals surface area contributed by atoms with Gasteiger partial charge in [0, 0.05) is 38.6 Å². The summed E-state index contributed by atoms with van der Waals surface area (Å²) in [7, 11) is 0. The third-order valence-electron chi connectivity index (χ3n) is 4.58. The van der Waals surface area contributed by atoms with Gasteiger partial charge in [0.25, 0.3) is 5.91 Å². The van der Waals surface area contributed by atoms with Gasteiger partial charge in [-0.15, -0.1) is 11.3 Å². The summed E-state index contributed by atoms with van der Waals surface area (Å²) in [5.74, 6) is 0.617. The van der Waals surface area contributed by atoms with Crippen molar-refractivity contribution in [3.63, 3.8) is 0 Å². The molecule has 1 aromatic heterocycles. The summed E-state index contributed by atoms with van der Waals surface area (Å²) in [6.07, 6.45) is 2.26. The first-order valence-electron chi connectivity index (χ1n) is 7.64. The fourth-order valence-electron chi connectivity index (χ4n) is 3.55. The van der Waals surface area contributed by atoms with E-state index in [2.05, 4.69) is 0 Å². The first-order valence-corrected chi connectivity index (χ1v) is 8.83. The van der Waals surface area contributed by atoms with Gasteiger partial charge in [0.05, 0.1) is 9.21 Å². The highest BCUT2D eigenvalue weighted by molar-refractivity contribution is 7.17. The van der Waals surface area contributed by atoms with Crippen LogP contribution < -0.4 is 5.73 Å². The Kier molecular flexibility index (Phi) is 4.70. The molecule has 2 aliphatic heterocycles. The molecule has 5 nitrogen and oxygen atoms in total. The molecule has 2 saturated heterocycles. The van der Waals surface area contributed by atoms with E-state index < -0.39 is 0 Å². The van der Waals surface area contributed by atoms with Crippen molar-refractivity contribution < 1.29 is 9.59 Å². The van der Waals surface area contributed by atoms with Crippen molar-refractivity contribution in [3.05, 3.63) is 21.3 Å². The Morgan fingerprint density at radius 2 is 2.23 bits per heavy atom. The Morgan fingerprint density at radius 3 is 2.91 bits per heavy atom. The molecular weight excluding hydrogens is 322 g/mol. The number of carbonyl (C=O) groups is 2. The lowest BCUT2D eigenvalue weighted by atomic mass is 9.83. The third kappa shape index (κ3) is 3.00. The highest BCUT2D eigenvalue weighted by Crippen LogP contribution is 2.32. The molecule has 120 valence electrons. The Morgan fingerprint density at radius 1 is 1.41 bits per heavy atom. The predicted molar refractivity (Wildman–Crippen MR) is 87.1 cm³/mol. The van der Waals surface area contributed by atoms with E-state index in [4.69, 9.17) is 17.3 Å². The molecular formula is C15H20ClN3O2S. The Balaban J connectivity index is 1.69. The Bertz CT molecular complexity index is 577. The van der Waals surface area contributed by atoms with Gasteiger partial charge in [-0.3, -0.25) is 9.59 Å². The van der Waals surface area contributed by atoms with Crippen LogP contribution in [0.3, 0.4) is 0 Å². The first-order chi connectivity index (χ1) is 10.6. The molecule has 7 heteroatoms. The van der Waals surface area contributed by atoms with Crippen molar-refractivity contribution in [1.82, 2.24) is 9.80 Å². The van der Waals surface area contributed by atoms with E-state index in [-0.39, 0.29) is 17.9 Å². The van der Waals surface area contributed by atoms with Gasteiger partial charge in [-0.1, -0.05) is 11.6 Å². The van der Waals surface area contributed by atoms with Crippen LogP contribution in [0, 0.1) is 5.92 Å². The SMILES string of the molecule is NCCN1C(=O)CC[C@H]2CN(C(=O)c3ccc(Cl)s3)CC[C@H]21. The second kappa shape index (κ2) is 6.56. The smallest absolute Gasteiger partial charge is 0.263 e. The lowest BCUT2D eigenvalue weighted by Crippen LogP contribution is -2.57. The van der Waals surface area contributed by atoms with Crippen LogP contribution in [-0.2, 0) is 4.79 Å². The molecule has 1 aromatic rings. The molecule has 2 atom stereocenters. The second-order valence-electron chi connectivity index (χ2n) is 5.89. The third-order valence-corrected chi connectivity index (χ3v) is 5.80. The standard InChI is InChI=1S/C15H20ClN3O2S/c16-13-3-2-12(22-13)15(21)18-7-5-11-10(9-18)1-4-14(20)19(11)8-6-17/h2-3,10-11H,1,4-9,17H2/t10-,11+/m0/s1. The molecule has 0 aliphatic carbocycles. The van der Waals surface area contributed by atoms with Crippen molar-refractivity contribution in [3.8, 4) is 0 Å². The molecule has 0 unspecified atom stereocenters. The van der Waals surface area contributed by atoms with Crippen LogP contribution in [0.25, 0.3) is 0 Å². The molecule has 2 fully saturated rings. The molecule has 0 bridgehead atoms. The molecule has 22 heavy (non-hydrogen) atoms. The number of piperidine rings is 2. The number of nitrogens with two attached hydrogens (primary N) is 1. The van der Waals surface area contributed by atoms with Gasteiger partial charge in [-0.25, -0.2) is 0 Å². The molecule has 0 radical (unpaired) electrons. The number of halogens is 1. The summed E-state index contributed by atoms with van der Waals surface area (Å²) < 4.78 is 0.635. The summed E-state index contributed by atoms with van der Waals surface area (Å²) in [5.41, 5.74) is 5.63. The molecule has 3 heterocycles. The molecule has 0 aromatic carbocycles. The zero-order chi connectivity index (χ0) is 15.7. The number of rotatable bonds is 3. The van der Waals surface area contributed by atoms with Gasteiger partial charge in [0.1, 0.15) is 0 Å². The minimum absolute atomic E-state index is 0.0534. The van der Waals surface area contributed by atoms with Gasteiger partial charge < -0.3 is 15.5 Å². The van der Waals surface area contributed by atoms with Crippen molar-refractivity contribution in [2.45, 2.75) is 25.3 Å². The zero-order valence-electron chi connectivity index (χ0n) is 12.3. The van der Waals surface area contributed by atoms with Crippen molar-refractivity contribution in [1.29, 1.82) is 0 Å². The van der Waals surface area contributed by atoms with E-state index in [9.17, 15) is 9.59 Å². The lowest BCUT2D eigenvalue weighted by Gasteiger charge is -2.47. The molecule has 2 aliphatic rings. The fraction of sp³-hybridized carbons (Fsp3) is 0.600. The van der Waals surface area contributed by atoms with Crippen LogP contribution in [0.15, 0.2) is 12.1 Å². The van der Waals surface area contributed by atoms with Crippen LogP contribution >= 0.6 is 22.9 Å². The van der Waals surface area contributed by atoms with Crippen LogP contribution in [0.1, 0.15) is 28.9 Å². The number of amides is 2. The number of nitrogens with zero attached hydrogens (tertiary/aromatic N) is 2. The number of likely N-dealkylation sites (tertiary alicyclic amines) is 2. The minimum atomic E-state index is 0.0534. The van der Waals surface area contributed by atoms with Crippen LogP contribution in [0.4, 0.5) is 0 Å². The minimum Gasteiger partial charge on any atom is -0.338 e. The van der Waals surface area contributed by atoms with Crippen LogP contribution in [0.5, 0.6) is 0 Å². The normalized spacial score (nSPS) is 25.3. The summed E-state index contributed by atoms with van der Waals surface area (Å²) in [4.78, 5) is 29.1. The monoisotopic (exact) mass is 341 g/mol. The fourth-order valence-corrected chi connectivity index (χ4v) is 4.56. The van der Waals surface area contributed by atoms with Crippen molar-refractivity contribution in [2.24, 2.45) is 11.7 Å². The maximum Gasteiger partial charge on any atom is 0.263 e. The topological polar surface area (TPSA) is 66.6 Å². The Labute approximate surface area is 139 Å². The average Bonchev–Trinajstić information content (AvgIpc) is 2.95. The molecule has 3 rings (SSSR count). The van der Waals surface area contributed by atoms with Gasteiger partial charge in [-0.05, 0) is 30.9 Å². The quantitative estimate of drug-likeness (QED) is 0.911. The van der Waals surface area contributed by atoms with Gasteiger partial charge in [0.2, 0.25) is 5.91 Å². The number of thiophene rings is 1. The number of hydrogen-bond acceptors (Lipinski definition) is 4. The Hall–Kier alpha value is -1.11. The molecule has 0 saturated carbocycles. The number of fused-ring (bicyclic) bond motifs is 1. The van der Waals surface area contributed by atoms with E-state index in [1.165, 1.54) is 11.3 Å². The number of hydrogen-bond donors (Lipinski definition) is 1. The van der Waals surface area contributed by atoms with E-state index in [0.717, 1.165) is 12.8 Å². The van der Waals surface area contributed by atoms with Gasteiger partial charge in [-0.2, -0.15) is 0 Å². The number of carbonyl (C=O) groups excluding carboxylic acids is 2. The first kappa shape index (κ1) is 15.8. The van der Waals surface area contributed by atoms with E-state index in [1.54, 1.807) is 12.1 Å². The molecule has 2 amide bonds. The molecule has 0 spiro atoms. The largest absolute Gasteiger partial charge is 0.338 e. The zero-order valence-corrected chi connectivity index (χ0v) is 13.9. The van der Waals surface area contributed by atoms with E-state index in [0.29, 0.717) is 47.7 Å². The van der Waals surface area contributed by atoms with Crippen LogP contribution in [0.2, 0.25) is 4.34 Å². The lowest BCUT2D eigenvalue weighted by molar-refractivity contribution is -0.140. The summed E-state index contributed by atoms with van der Waals surface area (Å²) >= 11 is 7.24. The van der Waals surface area contributed by atoms with Gasteiger partial charge >= 0.3 is 0 Å². The summed E-state index contributed by atoms with van der Waals surface area (Å²) in [5, 5.41) is 0. The summed E-state index contributed by atoms with van der Waals surface area (Å²) in [6.45, 7) is 2.51. The highest BCUT2D eigenvalue weighted by atomic mass is 35.5. The van der Waals surface area contributed by atoms with Crippen molar-refractivity contribution >= 4 is 34.8 Å². The van der Waals surface area contributed by atoms with Crippen molar-refractivity contribution in [2.75, 3.05) is 26.2 Å². The predicted octanol–water partition coefficient (Wildman–Crippen LogP) is 1.81. The second-order valence-corrected chi connectivity index (χ2v) is 7.60. The average molecular weight is 342 g/mol. The van der Waals surface area contributed by atoms with E-state index in [1.807, 2.05) is 9.80 Å². The van der Waals surface area contributed by atoms with Crippen LogP contribution in [-0.4, -0.2) is 53.8 Å².